The fraction of sp³-hybridized carbons (Fsp3) is 0. The first-order chi connectivity index (χ1) is 14.7. The Bertz CT molecular complexity index is 1630. The van der Waals surface area contributed by atoms with Gasteiger partial charge in [0.2, 0.25) is 0 Å². The molecule has 6 rings (SSSR count). The molecule has 0 saturated carbocycles. The Kier molecular flexibility index (Phi) is 3.44. The molecule has 0 saturated heterocycles. The van der Waals surface area contributed by atoms with Gasteiger partial charge in [-0.05, 0) is 40.4 Å². The monoisotopic (exact) mass is 389 g/mol. The highest BCUT2D eigenvalue weighted by Gasteiger charge is 2.22. The first-order valence-corrected chi connectivity index (χ1v) is 9.71. The molecule has 0 aliphatic rings. The number of rotatable bonds is 2. The molecule has 0 unspecified atom stereocenters. The number of hydrogen-bond donors (Lipinski definition) is 0. The van der Waals surface area contributed by atoms with Crippen molar-refractivity contribution in [3.05, 3.63) is 101 Å². The van der Waals surface area contributed by atoms with Gasteiger partial charge in [-0.15, -0.1) is 0 Å². The van der Waals surface area contributed by atoms with E-state index in [0.29, 0.717) is 16.5 Å². The summed E-state index contributed by atoms with van der Waals surface area (Å²) in [4.78, 5) is 11.8. The Morgan fingerprint density at radius 3 is 2.13 bits per heavy atom. The molecule has 142 valence electrons. The van der Waals surface area contributed by atoms with Crippen LogP contribution in [0.15, 0.2) is 95.4 Å². The number of para-hydroxylation sites is 1. The minimum atomic E-state index is -0.298. The zero-order valence-electron chi connectivity index (χ0n) is 15.8. The van der Waals surface area contributed by atoms with E-state index in [4.69, 9.17) is 4.42 Å². The maximum Gasteiger partial charge on any atom is 0.285 e. The lowest BCUT2D eigenvalue weighted by atomic mass is 9.96. The van der Waals surface area contributed by atoms with E-state index in [1.807, 2.05) is 66.7 Å². The summed E-state index contributed by atoms with van der Waals surface area (Å²) in [6.07, 6.45) is 0. The van der Waals surface area contributed by atoms with Crippen LogP contribution < -0.4 is 0 Å². The lowest BCUT2D eigenvalue weighted by molar-refractivity contribution is -0.382. The van der Waals surface area contributed by atoms with Gasteiger partial charge in [0.15, 0.2) is 0 Å². The summed E-state index contributed by atoms with van der Waals surface area (Å²) < 4.78 is 6.27. The summed E-state index contributed by atoms with van der Waals surface area (Å²) in [7, 11) is 0. The molecule has 4 nitrogen and oxygen atoms in total. The highest BCUT2D eigenvalue weighted by Crippen LogP contribution is 2.42. The Hall–Kier alpha value is -4.18. The number of fused-ring (bicyclic) bond motifs is 5. The molecular weight excluding hydrogens is 374 g/mol. The molecule has 0 N–H and O–H groups in total. The van der Waals surface area contributed by atoms with Gasteiger partial charge < -0.3 is 4.42 Å². The predicted octanol–water partition coefficient (Wildman–Crippen LogP) is 7.47. The largest absolute Gasteiger partial charge is 0.455 e. The number of hydrogen-bond acceptors (Lipinski definition) is 3. The standard InChI is InChI=1S/C26H15NO3/c28-27(29)25-19-9-4-3-6-16(19)12-13-20(25)21-10-5-11-22-23-14-17-7-1-2-8-18(17)15-24(23)30-26(21)22/h1-15H. The van der Waals surface area contributed by atoms with E-state index in [2.05, 4.69) is 18.2 Å². The van der Waals surface area contributed by atoms with Crippen molar-refractivity contribution in [2.45, 2.75) is 0 Å². The quantitative estimate of drug-likeness (QED) is 0.228. The van der Waals surface area contributed by atoms with E-state index in [-0.39, 0.29) is 10.6 Å². The molecule has 0 amide bonds. The van der Waals surface area contributed by atoms with E-state index in [0.717, 1.165) is 38.1 Å². The second-order valence-corrected chi connectivity index (χ2v) is 7.42. The molecule has 1 aromatic heterocycles. The van der Waals surface area contributed by atoms with Crippen molar-refractivity contribution in [3.63, 3.8) is 0 Å². The second kappa shape index (κ2) is 6.16. The van der Waals surface area contributed by atoms with Gasteiger partial charge in [-0.1, -0.05) is 66.7 Å². The maximum absolute atomic E-state index is 12.1. The first-order valence-electron chi connectivity index (χ1n) is 9.71. The molecule has 0 aliphatic carbocycles. The highest BCUT2D eigenvalue weighted by molar-refractivity contribution is 6.14. The van der Waals surface area contributed by atoms with Crippen LogP contribution in [-0.4, -0.2) is 4.92 Å². The normalized spacial score (nSPS) is 11.6. The van der Waals surface area contributed by atoms with Gasteiger partial charge in [0, 0.05) is 16.3 Å². The van der Waals surface area contributed by atoms with Crippen molar-refractivity contribution in [2.75, 3.05) is 0 Å². The third-order valence-electron chi connectivity index (χ3n) is 5.74. The smallest absolute Gasteiger partial charge is 0.285 e. The molecule has 0 bridgehead atoms. The maximum atomic E-state index is 12.1. The van der Waals surface area contributed by atoms with Crippen LogP contribution in [-0.2, 0) is 0 Å². The average molecular weight is 389 g/mol. The van der Waals surface area contributed by atoms with Gasteiger partial charge in [-0.25, -0.2) is 0 Å². The molecule has 0 aliphatic heterocycles. The molecule has 0 fully saturated rings. The van der Waals surface area contributed by atoms with Crippen LogP contribution in [0.3, 0.4) is 0 Å². The molecule has 30 heavy (non-hydrogen) atoms. The van der Waals surface area contributed by atoms with Crippen LogP contribution in [0.2, 0.25) is 0 Å². The predicted molar refractivity (Wildman–Crippen MR) is 121 cm³/mol. The average Bonchev–Trinajstić information content (AvgIpc) is 3.14. The van der Waals surface area contributed by atoms with Crippen molar-refractivity contribution < 1.29 is 9.34 Å². The number of nitro groups is 1. The van der Waals surface area contributed by atoms with Crippen LogP contribution >= 0.6 is 0 Å². The van der Waals surface area contributed by atoms with Gasteiger partial charge in [-0.3, -0.25) is 10.1 Å². The van der Waals surface area contributed by atoms with Crippen LogP contribution in [0, 0.1) is 10.1 Å². The zero-order valence-corrected chi connectivity index (χ0v) is 15.8. The van der Waals surface area contributed by atoms with Crippen LogP contribution in [0.25, 0.3) is 54.6 Å². The minimum Gasteiger partial charge on any atom is -0.455 e. The Balaban J connectivity index is 1.72. The summed E-state index contributed by atoms with van der Waals surface area (Å²) in [6, 6.07) is 29.3. The van der Waals surface area contributed by atoms with Crippen molar-refractivity contribution in [1.29, 1.82) is 0 Å². The first kappa shape index (κ1) is 16.7. The van der Waals surface area contributed by atoms with Crippen LogP contribution in [0.1, 0.15) is 0 Å². The summed E-state index contributed by atoms with van der Waals surface area (Å²) in [5.74, 6) is 0. The lowest BCUT2D eigenvalue weighted by Crippen LogP contribution is -1.94. The van der Waals surface area contributed by atoms with Crippen molar-refractivity contribution in [3.8, 4) is 11.1 Å². The highest BCUT2D eigenvalue weighted by atomic mass is 16.6. The third kappa shape index (κ3) is 2.34. The van der Waals surface area contributed by atoms with E-state index >= 15 is 0 Å². The fourth-order valence-corrected chi connectivity index (χ4v) is 4.36. The molecule has 5 aromatic carbocycles. The number of nitrogens with zero attached hydrogens (tertiary/aromatic N) is 1. The SMILES string of the molecule is O=[N+]([O-])c1c(-c2cccc3c2oc2cc4ccccc4cc23)ccc2ccccc12. The van der Waals surface area contributed by atoms with E-state index in [9.17, 15) is 10.1 Å². The molecule has 0 radical (unpaired) electrons. The van der Waals surface area contributed by atoms with E-state index < -0.39 is 0 Å². The van der Waals surface area contributed by atoms with Gasteiger partial charge >= 0.3 is 0 Å². The van der Waals surface area contributed by atoms with Gasteiger partial charge in [0.05, 0.1) is 15.9 Å². The number of furan rings is 1. The van der Waals surface area contributed by atoms with Gasteiger partial charge in [0.1, 0.15) is 11.2 Å². The van der Waals surface area contributed by atoms with E-state index in [1.54, 1.807) is 6.07 Å². The van der Waals surface area contributed by atoms with Crippen molar-refractivity contribution in [1.82, 2.24) is 0 Å². The lowest BCUT2D eigenvalue weighted by Gasteiger charge is -2.07. The fourth-order valence-electron chi connectivity index (χ4n) is 4.36. The molecule has 4 heteroatoms. The molecular formula is C26H15NO3. The summed E-state index contributed by atoms with van der Waals surface area (Å²) >= 11 is 0. The van der Waals surface area contributed by atoms with Crippen LogP contribution in [0.5, 0.6) is 0 Å². The number of benzene rings is 5. The molecule has 1 heterocycles. The molecule has 6 aromatic rings. The number of nitro benzene ring substituents is 1. The second-order valence-electron chi connectivity index (χ2n) is 7.42. The molecule has 0 atom stereocenters. The third-order valence-corrected chi connectivity index (χ3v) is 5.74. The summed E-state index contributed by atoms with van der Waals surface area (Å²) in [5.41, 5.74) is 2.84. The van der Waals surface area contributed by atoms with Crippen molar-refractivity contribution in [2.24, 2.45) is 0 Å². The van der Waals surface area contributed by atoms with Gasteiger partial charge in [-0.2, -0.15) is 0 Å². The Labute approximate surface area is 171 Å². The Morgan fingerprint density at radius 1 is 0.633 bits per heavy atom. The van der Waals surface area contributed by atoms with Crippen molar-refractivity contribution >= 4 is 49.2 Å². The minimum absolute atomic E-state index is 0.103. The van der Waals surface area contributed by atoms with Gasteiger partial charge in [0.25, 0.3) is 5.69 Å². The molecule has 0 spiro atoms. The topological polar surface area (TPSA) is 56.3 Å². The summed E-state index contributed by atoms with van der Waals surface area (Å²) in [5, 5.41) is 17.7. The summed E-state index contributed by atoms with van der Waals surface area (Å²) in [6.45, 7) is 0. The zero-order chi connectivity index (χ0) is 20.2. The Morgan fingerprint density at radius 2 is 1.33 bits per heavy atom. The van der Waals surface area contributed by atoms with E-state index in [1.165, 1.54) is 0 Å². The van der Waals surface area contributed by atoms with Crippen LogP contribution in [0.4, 0.5) is 5.69 Å².